The highest BCUT2D eigenvalue weighted by atomic mass is 32.2. The maximum Gasteiger partial charge on any atom is 0.236 e. The van der Waals surface area contributed by atoms with Crippen LogP contribution in [0.5, 0.6) is 0 Å². The standard InChI is InChI=1S/C20H24N4OS3/c1-10(2)17-23-18(16-13-7-5-6-8-14(13)28-19(16)24-17)26-9-15(25)22-20-21-11(3)12(4)27-20/h10H,5-9H2,1-4H3,(H,21,22,25). The molecule has 3 aromatic rings. The lowest BCUT2D eigenvalue weighted by Crippen LogP contribution is -2.14. The van der Waals surface area contributed by atoms with E-state index >= 15 is 0 Å². The second-order valence-corrected chi connectivity index (χ2v) is 10.7. The number of thiazole rings is 1. The van der Waals surface area contributed by atoms with Crippen LogP contribution in [0.4, 0.5) is 5.13 Å². The number of amides is 1. The zero-order valence-corrected chi connectivity index (χ0v) is 19.0. The number of nitrogens with zero attached hydrogens (tertiary/aromatic N) is 3. The molecule has 0 saturated carbocycles. The van der Waals surface area contributed by atoms with Gasteiger partial charge in [0.1, 0.15) is 15.7 Å². The number of carbonyl (C=O) groups excluding carboxylic acids is 1. The lowest BCUT2D eigenvalue weighted by Gasteiger charge is -2.12. The third-order valence-corrected chi connectivity index (χ3v) is 8.08. The van der Waals surface area contributed by atoms with Crippen molar-refractivity contribution in [1.82, 2.24) is 15.0 Å². The SMILES string of the molecule is Cc1nc(NC(=O)CSc2nc(C(C)C)nc3sc4c(c23)CCCC4)sc1C. The highest BCUT2D eigenvalue weighted by Gasteiger charge is 2.22. The topological polar surface area (TPSA) is 67.8 Å². The number of hydrogen-bond acceptors (Lipinski definition) is 7. The first-order chi connectivity index (χ1) is 13.4. The summed E-state index contributed by atoms with van der Waals surface area (Å²) in [5.41, 5.74) is 2.38. The maximum atomic E-state index is 12.5. The van der Waals surface area contributed by atoms with Crippen LogP contribution in [0.2, 0.25) is 0 Å². The molecule has 3 aromatic heterocycles. The van der Waals surface area contributed by atoms with Crippen molar-refractivity contribution in [2.45, 2.75) is 64.3 Å². The Morgan fingerprint density at radius 3 is 2.64 bits per heavy atom. The van der Waals surface area contributed by atoms with Crippen LogP contribution in [-0.2, 0) is 17.6 Å². The Kier molecular flexibility index (Phi) is 5.71. The molecule has 148 valence electrons. The summed E-state index contributed by atoms with van der Waals surface area (Å²) in [4.78, 5) is 30.2. The van der Waals surface area contributed by atoms with Crippen molar-refractivity contribution in [1.29, 1.82) is 0 Å². The van der Waals surface area contributed by atoms with Gasteiger partial charge in [-0.25, -0.2) is 15.0 Å². The van der Waals surface area contributed by atoms with Gasteiger partial charge in [-0.3, -0.25) is 4.79 Å². The van der Waals surface area contributed by atoms with E-state index in [1.165, 1.54) is 51.8 Å². The number of nitrogens with one attached hydrogen (secondary N) is 1. The molecule has 0 aliphatic heterocycles. The summed E-state index contributed by atoms with van der Waals surface area (Å²) in [6, 6.07) is 0. The number of thiophene rings is 1. The number of carbonyl (C=O) groups is 1. The van der Waals surface area contributed by atoms with Crippen LogP contribution in [-0.4, -0.2) is 26.6 Å². The molecular weight excluding hydrogens is 408 g/mol. The van der Waals surface area contributed by atoms with Crippen molar-refractivity contribution < 1.29 is 4.79 Å². The largest absolute Gasteiger partial charge is 0.301 e. The number of fused-ring (bicyclic) bond motifs is 3. The Labute approximate surface area is 177 Å². The number of aromatic nitrogens is 3. The molecule has 0 radical (unpaired) electrons. The van der Waals surface area contributed by atoms with Gasteiger partial charge in [0.05, 0.1) is 11.4 Å². The van der Waals surface area contributed by atoms with Crippen LogP contribution in [0, 0.1) is 13.8 Å². The molecule has 1 amide bonds. The molecule has 0 aromatic carbocycles. The molecule has 0 saturated heterocycles. The lowest BCUT2D eigenvalue weighted by atomic mass is 9.97. The van der Waals surface area contributed by atoms with Crippen molar-refractivity contribution in [3.05, 3.63) is 26.8 Å². The Balaban J connectivity index is 1.59. The number of hydrogen-bond donors (Lipinski definition) is 1. The van der Waals surface area contributed by atoms with Gasteiger partial charge in [-0.05, 0) is 45.1 Å². The molecule has 3 heterocycles. The molecule has 1 aliphatic carbocycles. The molecule has 1 N–H and O–H groups in total. The highest BCUT2D eigenvalue weighted by molar-refractivity contribution is 8.00. The normalized spacial score (nSPS) is 13.9. The van der Waals surface area contributed by atoms with Gasteiger partial charge in [0.2, 0.25) is 5.91 Å². The summed E-state index contributed by atoms with van der Waals surface area (Å²) >= 11 is 4.85. The molecule has 0 unspecified atom stereocenters. The zero-order chi connectivity index (χ0) is 19.8. The van der Waals surface area contributed by atoms with E-state index in [4.69, 9.17) is 9.97 Å². The summed E-state index contributed by atoms with van der Waals surface area (Å²) in [6.45, 7) is 8.20. The first kappa shape index (κ1) is 19.8. The quantitative estimate of drug-likeness (QED) is 0.426. The van der Waals surface area contributed by atoms with Gasteiger partial charge in [0, 0.05) is 21.1 Å². The van der Waals surface area contributed by atoms with Gasteiger partial charge in [0.15, 0.2) is 5.13 Å². The number of anilines is 1. The van der Waals surface area contributed by atoms with Gasteiger partial charge < -0.3 is 5.32 Å². The summed E-state index contributed by atoms with van der Waals surface area (Å²) in [5.74, 6) is 1.41. The molecule has 28 heavy (non-hydrogen) atoms. The van der Waals surface area contributed by atoms with E-state index in [1.807, 2.05) is 25.2 Å². The molecule has 0 fully saturated rings. The summed E-state index contributed by atoms with van der Waals surface area (Å²) in [6.07, 6.45) is 4.71. The molecule has 1 aliphatic rings. The van der Waals surface area contributed by atoms with E-state index in [2.05, 4.69) is 24.1 Å². The number of aryl methyl sites for hydroxylation is 4. The Morgan fingerprint density at radius 1 is 1.14 bits per heavy atom. The zero-order valence-electron chi connectivity index (χ0n) is 16.6. The first-order valence-electron chi connectivity index (χ1n) is 9.61. The fourth-order valence-corrected chi connectivity index (χ4v) is 6.34. The van der Waals surface area contributed by atoms with Crippen LogP contribution in [0.3, 0.4) is 0 Å². The monoisotopic (exact) mass is 432 g/mol. The second-order valence-electron chi connectivity index (χ2n) is 7.43. The minimum atomic E-state index is -0.0410. The van der Waals surface area contributed by atoms with Gasteiger partial charge >= 0.3 is 0 Å². The van der Waals surface area contributed by atoms with Crippen LogP contribution in [0.1, 0.15) is 59.4 Å². The number of thioether (sulfide) groups is 1. The summed E-state index contributed by atoms with van der Waals surface area (Å²) < 4.78 is 0. The number of rotatable bonds is 5. The Hall–Kier alpha value is -1.51. The predicted molar refractivity (Wildman–Crippen MR) is 119 cm³/mol. The molecular formula is C20H24N4OS3. The van der Waals surface area contributed by atoms with Crippen LogP contribution < -0.4 is 5.32 Å². The molecule has 0 bridgehead atoms. The van der Waals surface area contributed by atoms with Gasteiger partial charge in [-0.1, -0.05) is 25.6 Å². The Bertz CT molecular complexity index is 1020. The van der Waals surface area contributed by atoms with E-state index < -0.39 is 0 Å². The Morgan fingerprint density at radius 2 is 1.93 bits per heavy atom. The third kappa shape index (κ3) is 3.95. The minimum absolute atomic E-state index is 0.0410. The average Bonchev–Trinajstić information content (AvgIpc) is 3.18. The molecule has 5 nitrogen and oxygen atoms in total. The fourth-order valence-electron chi connectivity index (χ4n) is 3.32. The van der Waals surface area contributed by atoms with E-state index in [-0.39, 0.29) is 11.8 Å². The lowest BCUT2D eigenvalue weighted by molar-refractivity contribution is -0.113. The maximum absolute atomic E-state index is 12.5. The molecule has 8 heteroatoms. The van der Waals surface area contributed by atoms with E-state index in [1.54, 1.807) is 0 Å². The van der Waals surface area contributed by atoms with Crippen molar-refractivity contribution >= 4 is 55.7 Å². The minimum Gasteiger partial charge on any atom is -0.301 e. The van der Waals surface area contributed by atoms with Crippen molar-refractivity contribution in [3.8, 4) is 0 Å². The summed E-state index contributed by atoms with van der Waals surface area (Å²) in [7, 11) is 0. The second kappa shape index (κ2) is 8.08. The fraction of sp³-hybridized carbons (Fsp3) is 0.500. The van der Waals surface area contributed by atoms with Crippen LogP contribution >= 0.6 is 34.4 Å². The van der Waals surface area contributed by atoms with E-state index in [9.17, 15) is 4.79 Å². The average molecular weight is 433 g/mol. The smallest absolute Gasteiger partial charge is 0.236 e. The van der Waals surface area contributed by atoms with Crippen molar-refractivity contribution in [2.24, 2.45) is 0 Å². The molecule has 4 rings (SSSR count). The van der Waals surface area contributed by atoms with Gasteiger partial charge in [0.25, 0.3) is 0 Å². The van der Waals surface area contributed by atoms with E-state index in [0.717, 1.165) is 39.1 Å². The molecule has 0 atom stereocenters. The van der Waals surface area contributed by atoms with Crippen LogP contribution in [0.25, 0.3) is 10.2 Å². The van der Waals surface area contributed by atoms with Gasteiger partial charge in [-0.2, -0.15) is 0 Å². The van der Waals surface area contributed by atoms with Crippen molar-refractivity contribution in [2.75, 3.05) is 11.1 Å². The highest BCUT2D eigenvalue weighted by Crippen LogP contribution is 2.40. The van der Waals surface area contributed by atoms with Crippen LogP contribution in [0.15, 0.2) is 5.03 Å². The third-order valence-electron chi connectivity index (χ3n) is 4.93. The molecule has 0 spiro atoms. The van der Waals surface area contributed by atoms with Crippen molar-refractivity contribution in [3.63, 3.8) is 0 Å². The first-order valence-corrected chi connectivity index (χ1v) is 12.2. The van der Waals surface area contributed by atoms with Gasteiger partial charge in [-0.15, -0.1) is 22.7 Å². The van der Waals surface area contributed by atoms with E-state index in [0.29, 0.717) is 10.9 Å². The summed E-state index contributed by atoms with van der Waals surface area (Å²) in [5, 5.41) is 5.73. The predicted octanol–water partition coefficient (Wildman–Crippen LogP) is 5.50.